The van der Waals surface area contributed by atoms with Gasteiger partial charge in [-0.1, -0.05) is 30.3 Å². The number of hydrogen-bond acceptors (Lipinski definition) is 11. The third kappa shape index (κ3) is 7.08. The van der Waals surface area contributed by atoms with Crippen LogP contribution in [0.4, 0.5) is 5.82 Å². The summed E-state index contributed by atoms with van der Waals surface area (Å²) in [5.41, 5.74) is 1.72. The number of benzene rings is 3. The fraction of sp³-hybridized carbons (Fsp3) is 0.188. The van der Waals surface area contributed by atoms with Crippen LogP contribution in [0.2, 0.25) is 0 Å². The van der Waals surface area contributed by atoms with Crippen LogP contribution in [0.15, 0.2) is 89.9 Å². The van der Waals surface area contributed by atoms with Crippen molar-refractivity contribution in [1.29, 1.82) is 0 Å². The maximum absolute atomic E-state index is 12.9. The number of fused-ring (bicyclic) bond motifs is 1. The van der Waals surface area contributed by atoms with E-state index in [0.717, 1.165) is 11.6 Å². The van der Waals surface area contributed by atoms with Crippen LogP contribution in [-0.4, -0.2) is 60.6 Å². The van der Waals surface area contributed by atoms with Gasteiger partial charge in [0.25, 0.3) is 0 Å². The second kappa shape index (κ2) is 13.5. The van der Waals surface area contributed by atoms with Gasteiger partial charge < -0.3 is 23.7 Å². The molecule has 3 aromatic carbocycles. The lowest BCUT2D eigenvalue weighted by Crippen LogP contribution is -2.26. The van der Waals surface area contributed by atoms with E-state index in [9.17, 15) is 14.4 Å². The number of esters is 1. The number of carbonyl (C=O) groups excluding carboxylic acids is 3. The van der Waals surface area contributed by atoms with E-state index < -0.39 is 17.5 Å². The molecular formula is C32H27N3O8. The molecule has 1 aromatic heterocycles. The van der Waals surface area contributed by atoms with Crippen LogP contribution in [-0.2, 0) is 25.7 Å². The molecule has 0 aliphatic heterocycles. The molecule has 11 nitrogen and oxygen atoms in total. The average molecular weight is 582 g/mol. The molecule has 5 rings (SSSR count). The van der Waals surface area contributed by atoms with Gasteiger partial charge in [-0.2, -0.15) is 0 Å². The Bertz CT molecular complexity index is 1720. The van der Waals surface area contributed by atoms with Crippen molar-refractivity contribution in [3.05, 3.63) is 96.0 Å². The van der Waals surface area contributed by atoms with Crippen LogP contribution >= 0.6 is 0 Å². The largest absolute Gasteiger partial charge is 0.493 e. The number of methoxy groups -OCH3 is 2. The van der Waals surface area contributed by atoms with Crippen LogP contribution in [0.25, 0.3) is 10.9 Å². The number of Topliss-reactive ketones (excluding diaryl/α,β-unsaturated/α-hetero) is 1. The fourth-order valence-corrected chi connectivity index (χ4v) is 4.16. The lowest BCUT2D eigenvalue weighted by atomic mass is 10.0. The molecule has 0 saturated carbocycles. The molecule has 218 valence electrons. The summed E-state index contributed by atoms with van der Waals surface area (Å²) >= 11 is 0. The van der Waals surface area contributed by atoms with E-state index in [0.29, 0.717) is 41.2 Å². The van der Waals surface area contributed by atoms with E-state index in [-0.39, 0.29) is 36.1 Å². The smallest absolute Gasteiger partial charge is 0.338 e. The normalized spacial score (nSPS) is 14.0. The number of rotatable bonds is 11. The van der Waals surface area contributed by atoms with E-state index in [1.807, 2.05) is 30.3 Å². The molecular weight excluding hydrogens is 554 g/mol. The number of aromatic nitrogens is 2. The molecule has 0 spiro atoms. The lowest BCUT2D eigenvalue weighted by molar-refractivity contribution is -0.118. The minimum atomic E-state index is -0.496. The zero-order valence-corrected chi connectivity index (χ0v) is 23.4. The monoisotopic (exact) mass is 581 g/mol. The van der Waals surface area contributed by atoms with E-state index in [2.05, 4.69) is 15.0 Å². The van der Waals surface area contributed by atoms with E-state index in [1.54, 1.807) is 19.2 Å². The average Bonchev–Trinajstić information content (AvgIpc) is 3.03. The van der Waals surface area contributed by atoms with Gasteiger partial charge in [-0.05, 0) is 35.9 Å². The van der Waals surface area contributed by atoms with E-state index in [1.165, 1.54) is 37.7 Å². The fourth-order valence-electron chi connectivity index (χ4n) is 4.16. The van der Waals surface area contributed by atoms with E-state index >= 15 is 0 Å². The van der Waals surface area contributed by atoms with Gasteiger partial charge in [0.05, 0.1) is 36.9 Å². The van der Waals surface area contributed by atoms with Gasteiger partial charge in [-0.3, -0.25) is 9.59 Å². The lowest BCUT2D eigenvalue weighted by Gasteiger charge is -2.15. The summed E-state index contributed by atoms with van der Waals surface area (Å²) in [5.74, 6) is -0.171. The first-order valence-corrected chi connectivity index (χ1v) is 13.3. The summed E-state index contributed by atoms with van der Waals surface area (Å²) in [6, 6.07) is 18.8. The number of nitrogens with zero attached hydrogens (tertiary/aromatic N) is 3. The molecule has 1 aliphatic carbocycles. The van der Waals surface area contributed by atoms with Gasteiger partial charge in [0, 0.05) is 24.6 Å². The topological polar surface area (TPSA) is 136 Å². The summed E-state index contributed by atoms with van der Waals surface area (Å²) in [6.45, 7) is 0.861. The van der Waals surface area contributed by atoms with Gasteiger partial charge in [-0.15, -0.1) is 0 Å². The maximum atomic E-state index is 12.9. The molecule has 0 amide bonds. The molecule has 11 heteroatoms. The van der Waals surface area contributed by atoms with Crippen molar-refractivity contribution in [2.45, 2.75) is 13.0 Å². The first kappa shape index (κ1) is 29.1. The standard InChI is InChI=1S/C32H27N3O8/c1-39-12-13-41-30-16-24-23(14-29(30)40-2)31(34-19-33-24)35-25-15-27(37)28(17-26(25)36)43-22-10-8-21(9-11-22)32(38)42-18-20-6-4-3-5-7-20/h3-11,14,16-17,19H,12-13,15,18H2,1-2H3. The van der Waals surface area contributed by atoms with Crippen molar-refractivity contribution in [3.8, 4) is 17.2 Å². The van der Waals surface area contributed by atoms with Gasteiger partial charge in [0.1, 0.15) is 25.3 Å². The van der Waals surface area contributed by atoms with Crippen LogP contribution in [0.1, 0.15) is 22.3 Å². The number of allylic oxidation sites excluding steroid dienone is 2. The molecule has 0 fully saturated rings. The molecule has 0 saturated heterocycles. The highest BCUT2D eigenvalue weighted by molar-refractivity contribution is 6.50. The minimum Gasteiger partial charge on any atom is -0.493 e. The number of aliphatic imine (C=N–C) groups is 1. The summed E-state index contributed by atoms with van der Waals surface area (Å²) in [6.07, 6.45) is 2.13. The van der Waals surface area contributed by atoms with Gasteiger partial charge >= 0.3 is 5.97 Å². The second-order valence-corrected chi connectivity index (χ2v) is 9.28. The molecule has 0 radical (unpaired) electrons. The Hall–Kier alpha value is -5.42. The molecule has 1 aliphatic rings. The van der Waals surface area contributed by atoms with Crippen molar-refractivity contribution in [2.24, 2.45) is 4.99 Å². The predicted octanol–water partition coefficient (Wildman–Crippen LogP) is 4.60. The summed E-state index contributed by atoms with van der Waals surface area (Å²) in [4.78, 5) is 51.1. The number of hydrogen-bond donors (Lipinski definition) is 0. The van der Waals surface area contributed by atoms with Gasteiger partial charge in [0.2, 0.25) is 11.6 Å². The van der Waals surface area contributed by atoms with Gasteiger partial charge in [0.15, 0.2) is 23.1 Å². The van der Waals surface area contributed by atoms with Crippen LogP contribution in [0, 0.1) is 0 Å². The molecule has 43 heavy (non-hydrogen) atoms. The molecule has 0 bridgehead atoms. The van der Waals surface area contributed by atoms with Crippen LogP contribution in [0.3, 0.4) is 0 Å². The van der Waals surface area contributed by atoms with Crippen molar-refractivity contribution in [2.75, 3.05) is 27.4 Å². The Morgan fingerprint density at radius 3 is 2.47 bits per heavy atom. The summed E-state index contributed by atoms with van der Waals surface area (Å²) < 4.78 is 27.2. The molecule has 0 unspecified atom stereocenters. The van der Waals surface area contributed by atoms with Crippen LogP contribution in [0.5, 0.6) is 17.2 Å². The zero-order chi connectivity index (χ0) is 30.2. The summed E-state index contributed by atoms with van der Waals surface area (Å²) in [5, 5.41) is 0.514. The second-order valence-electron chi connectivity index (χ2n) is 9.28. The minimum absolute atomic E-state index is 0.00764. The Morgan fingerprint density at radius 2 is 1.72 bits per heavy atom. The van der Waals surface area contributed by atoms with Crippen molar-refractivity contribution < 1.29 is 38.1 Å². The van der Waals surface area contributed by atoms with Crippen LogP contribution < -0.4 is 14.2 Å². The third-order valence-electron chi connectivity index (χ3n) is 6.37. The quantitative estimate of drug-likeness (QED) is 0.183. The first-order valence-electron chi connectivity index (χ1n) is 13.3. The third-order valence-corrected chi connectivity index (χ3v) is 6.37. The zero-order valence-electron chi connectivity index (χ0n) is 23.4. The maximum Gasteiger partial charge on any atom is 0.338 e. The van der Waals surface area contributed by atoms with Gasteiger partial charge in [-0.25, -0.2) is 19.8 Å². The number of ketones is 2. The highest BCUT2D eigenvalue weighted by atomic mass is 16.5. The van der Waals surface area contributed by atoms with Crippen molar-refractivity contribution in [3.63, 3.8) is 0 Å². The highest BCUT2D eigenvalue weighted by Crippen LogP contribution is 2.35. The Morgan fingerprint density at radius 1 is 0.930 bits per heavy atom. The molecule has 1 heterocycles. The summed E-state index contributed by atoms with van der Waals surface area (Å²) in [7, 11) is 3.08. The molecule has 0 atom stereocenters. The Kier molecular flexibility index (Phi) is 9.13. The molecule has 4 aromatic rings. The highest BCUT2D eigenvalue weighted by Gasteiger charge is 2.27. The first-order chi connectivity index (χ1) is 20.9. The Labute approximate surface area is 246 Å². The number of carbonyl (C=O) groups is 3. The SMILES string of the molecule is COCCOc1cc2ncnc(N=C3CC(=O)C(Oc4ccc(C(=O)OCc5ccccc5)cc4)=CC3=O)c2cc1OC. The van der Waals surface area contributed by atoms with Crippen molar-refractivity contribution in [1.82, 2.24) is 9.97 Å². The van der Waals surface area contributed by atoms with E-state index in [4.69, 9.17) is 23.7 Å². The van der Waals surface area contributed by atoms with Crippen molar-refractivity contribution >= 4 is 40.0 Å². The Balaban J connectivity index is 1.28. The number of ether oxygens (including phenoxy) is 5. The predicted molar refractivity (Wildman–Crippen MR) is 156 cm³/mol. The molecule has 0 N–H and O–H groups in total.